The number of alkyl halides is 3. The molecule has 2 rings (SSSR count). The summed E-state index contributed by atoms with van der Waals surface area (Å²) in [5.74, 6) is 0.656. The number of carbonyl (C=O) groups is 1. The van der Waals surface area contributed by atoms with E-state index in [0.29, 0.717) is 16.5 Å². The third kappa shape index (κ3) is 6.26. The summed E-state index contributed by atoms with van der Waals surface area (Å²) in [7, 11) is 0. The number of aromatic nitrogens is 2. The number of nitrogens with one attached hydrogen (secondary N) is 1. The molecule has 9 heteroatoms. The van der Waals surface area contributed by atoms with Crippen LogP contribution < -0.4 is 10.9 Å². The molecule has 1 amide bonds. The molecule has 1 N–H and O–H groups in total. The second-order valence-electron chi connectivity index (χ2n) is 5.11. The maximum Gasteiger partial charge on any atom is 0.435 e. The van der Waals surface area contributed by atoms with Crippen molar-refractivity contribution in [1.29, 1.82) is 0 Å². The minimum absolute atomic E-state index is 0.0267. The number of carbonyl (C=O) groups excluding carboxylic acids is 1. The number of rotatable bonds is 7. The van der Waals surface area contributed by atoms with Gasteiger partial charge in [0.1, 0.15) is 0 Å². The lowest BCUT2D eigenvalue weighted by Crippen LogP contribution is -2.33. The molecule has 5 nitrogen and oxygen atoms in total. The molecular formula is C16H16F3N3O2S. The van der Waals surface area contributed by atoms with Crippen molar-refractivity contribution < 1.29 is 18.0 Å². The second kappa shape index (κ2) is 8.70. The monoisotopic (exact) mass is 371 g/mol. The van der Waals surface area contributed by atoms with Crippen LogP contribution in [0, 0.1) is 0 Å². The molecule has 0 aliphatic carbocycles. The number of hydrogen-bond acceptors (Lipinski definition) is 4. The number of thioether (sulfide) groups is 1. The van der Waals surface area contributed by atoms with Crippen LogP contribution in [0.15, 0.2) is 47.3 Å². The van der Waals surface area contributed by atoms with Gasteiger partial charge in [0.15, 0.2) is 5.69 Å². The van der Waals surface area contributed by atoms with E-state index in [-0.39, 0.29) is 24.7 Å². The molecule has 1 aromatic carbocycles. The molecule has 0 aliphatic heterocycles. The van der Waals surface area contributed by atoms with Crippen molar-refractivity contribution in [2.24, 2.45) is 0 Å². The summed E-state index contributed by atoms with van der Waals surface area (Å²) < 4.78 is 38.4. The van der Waals surface area contributed by atoms with Gasteiger partial charge >= 0.3 is 6.18 Å². The minimum Gasteiger partial charge on any atom is -0.354 e. The van der Waals surface area contributed by atoms with E-state index in [9.17, 15) is 22.8 Å². The molecule has 0 atom stereocenters. The van der Waals surface area contributed by atoms with Gasteiger partial charge < -0.3 is 5.32 Å². The van der Waals surface area contributed by atoms with Crippen LogP contribution >= 0.6 is 11.8 Å². The molecule has 0 aliphatic rings. The summed E-state index contributed by atoms with van der Waals surface area (Å²) in [6.07, 6.45) is -4.62. The molecule has 2 aromatic rings. The van der Waals surface area contributed by atoms with Crippen molar-refractivity contribution in [3.05, 3.63) is 64.1 Å². The van der Waals surface area contributed by atoms with Crippen molar-refractivity contribution >= 4 is 17.7 Å². The van der Waals surface area contributed by atoms with Crippen LogP contribution in [0.3, 0.4) is 0 Å². The number of amides is 1. The molecule has 0 radical (unpaired) electrons. The van der Waals surface area contributed by atoms with Gasteiger partial charge in [-0.1, -0.05) is 30.3 Å². The third-order valence-corrected chi connectivity index (χ3v) is 4.15. The van der Waals surface area contributed by atoms with Crippen LogP contribution in [-0.4, -0.2) is 28.0 Å². The first kappa shape index (κ1) is 19.0. The van der Waals surface area contributed by atoms with E-state index in [1.807, 2.05) is 30.3 Å². The molecule has 0 saturated carbocycles. The van der Waals surface area contributed by atoms with Gasteiger partial charge in [-0.3, -0.25) is 9.59 Å². The molecule has 134 valence electrons. The third-order valence-electron chi connectivity index (χ3n) is 3.15. The first-order chi connectivity index (χ1) is 11.9. The highest BCUT2D eigenvalue weighted by atomic mass is 32.2. The van der Waals surface area contributed by atoms with Crippen molar-refractivity contribution in [2.75, 3.05) is 12.3 Å². The zero-order valence-electron chi connectivity index (χ0n) is 13.1. The van der Waals surface area contributed by atoms with Crippen LogP contribution in [0.5, 0.6) is 0 Å². The van der Waals surface area contributed by atoms with E-state index < -0.39 is 17.4 Å². The summed E-state index contributed by atoms with van der Waals surface area (Å²) in [6.45, 7) is -0.100. The summed E-state index contributed by atoms with van der Waals surface area (Å²) in [5.41, 5.74) is -0.697. The van der Waals surface area contributed by atoms with Gasteiger partial charge in [-0.25, -0.2) is 4.68 Å². The summed E-state index contributed by atoms with van der Waals surface area (Å²) in [5, 5.41) is 5.83. The van der Waals surface area contributed by atoms with Crippen molar-refractivity contribution in [3.63, 3.8) is 0 Å². The second-order valence-corrected chi connectivity index (χ2v) is 6.09. The van der Waals surface area contributed by atoms with Crippen LogP contribution in [-0.2, 0) is 23.3 Å². The fraction of sp³-hybridized carbons (Fsp3) is 0.312. The zero-order chi connectivity index (χ0) is 18.3. The fourth-order valence-electron chi connectivity index (χ4n) is 1.95. The highest BCUT2D eigenvalue weighted by Gasteiger charge is 2.33. The maximum absolute atomic E-state index is 12.6. The molecule has 0 saturated heterocycles. The van der Waals surface area contributed by atoms with E-state index in [4.69, 9.17) is 0 Å². The molecule has 1 heterocycles. The molecular weight excluding hydrogens is 355 g/mol. The zero-order valence-corrected chi connectivity index (χ0v) is 13.9. The predicted molar refractivity (Wildman–Crippen MR) is 89.1 cm³/mol. The maximum atomic E-state index is 12.6. The number of halogens is 3. The Morgan fingerprint density at radius 2 is 1.88 bits per heavy atom. The molecule has 0 unspecified atom stereocenters. The topological polar surface area (TPSA) is 64.0 Å². The van der Waals surface area contributed by atoms with Crippen molar-refractivity contribution in [3.8, 4) is 0 Å². The van der Waals surface area contributed by atoms with Gasteiger partial charge in [-0.2, -0.15) is 18.3 Å². The molecule has 0 bridgehead atoms. The first-order valence-corrected chi connectivity index (χ1v) is 8.55. The van der Waals surface area contributed by atoms with Crippen LogP contribution in [0.2, 0.25) is 0 Å². The Morgan fingerprint density at radius 3 is 2.56 bits per heavy atom. The lowest BCUT2D eigenvalue weighted by molar-refractivity contribution is -0.142. The average Bonchev–Trinajstić information content (AvgIpc) is 2.56. The Labute approximate surface area is 146 Å². The van der Waals surface area contributed by atoms with Crippen LogP contribution in [0.1, 0.15) is 11.3 Å². The van der Waals surface area contributed by atoms with E-state index >= 15 is 0 Å². The first-order valence-electron chi connectivity index (χ1n) is 7.40. The summed E-state index contributed by atoms with van der Waals surface area (Å²) >= 11 is 1.42. The van der Waals surface area contributed by atoms with E-state index in [1.54, 1.807) is 0 Å². The average molecular weight is 371 g/mol. The predicted octanol–water partition coefficient (Wildman–Crippen LogP) is 2.31. The Hall–Kier alpha value is -2.29. The van der Waals surface area contributed by atoms with Crippen LogP contribution in [0.25, 0.3) is 0 Å². The highest BCUT2D eigenvalue weighted by molar-refractivity contribution is 7.99. The van der Waals surface area contributed by atoms with Gasteiger partial charge in [0.05, 0.1) is 12.3 Å². The van der Waals surface area contributed by atoms with E-state index in [2.05, 4.69) is 10.4 Å². The quantitative estimate of drug-likeness (QED) is 0.811. The standard InChI is InChI=1S/C16H16F3N3O2S/c17-16(18,19)13-6-7-15(24)22(21-13)9-8-20-14(23)11-25-10-12-4-2-1-3-5-12/h1-7H,8-11H2,(H,20,23). The molecule has 0 spiro atoms. The normalized spacial score (nSPS) is 11.3. The Bertz CT molecular complexity index is 763. The smallest absolute Gasteiger partial charge is 0.354 e. The van der Waals surface area contributed by atoms with Crippen LogP contribution in [0.4, 0.5) is 13.2 Å². The molecule has 25 heavy (non-hydrogen) atoms. The molecule has 0 fully saturated rings. The minimum atomic E-state index is -4.62. The lowest BCUT2D eigenvalue weighted by atomic mass is 10.2. The summed E-state index contributed by atoms with van der Waals surface area (Å²) in [6, 6.07) is 11.1. The van der Waals surface area contributed by atoms with Gasteiger partial charge in [-0.15, -0.1) is 11.8 Å². The van der Waals surface area contributed by atoms with Gasteiger partial charge in [0.2, 0.25) is 5.91 Å². The number of benzene rings is 1. The van der Waals surface area contributed by atoms with Gasteiger partial charge in [0.25, 0.3) is 5.56 Å². The molecule has 1 aromatic heterocycles. The van der Waals surface area contributed by atoms with Gasteiger partial charge in [0, 0.05) is 18.4 Å². The SMILES string of the molecule is O=C(CSCc1ccccc1)NCCn1nc(C(F)(F)F)ccc1=O. The van der Waals surface area contributed by atoms with E-state index in [0.717, 1.165) is 11.6 Å². The number of nitrogens with zero attached hydrogens (tertiary/aromatic N) is 2. The lowest BCUT2D eigenvalue weighted by Gasteiger charge is -2.10. The Balaban J connectivity index is 1.76. The number of hydrogen-bond donors (Lipinski definition) is 1. The Kier molecular flexibility index (Phi) is 6.63. The van der Waals surface area contributed by atoms with Gasteiger partial charge in [-0.05, 0) is 11.6 Å². The Morgan fingerprint density at radius 1 is 1.16 bits per heavy atom. The van der Waals surface area contributed by atoms with Crippen molar-refractivity contribution in [2.45, 2.75) is 18.5 Å². The summed E-state index contributed by atoms with van der Waals surface area (Å²) in [4.78, 5) is 23.2. The van der Waals surface area contributed by atoms with E-state index in [1.165, 1.54) is 11.8 Å². The fourth-order valence-corrected chi connectivity index (χ4v) is 2.77. The highest BCUT2D eigenvalue weighted by Crippen LogP contribution is 2.26. The largest absolute Gasteiger partial charge is 0.435 e. The van der Waals surface area contributed by atoms with Crippen molar-refractivity contribution in [1.82, 2.24) is 15.1 Å².